The predicted octanol–water partition coefficient (Wildman–Crippen LogP) is 4.53. The Balaban J connectivity index is 1.84. The van der Waals surface area contributed by atoms with Crippen molar-refractivity contribution in [1.29, 1.82) is 0 Å². The molecule has 0 aromatic heterocycles. The average Bonchev–Trinajstić information content (AvgIpc) is 2.70. The van der Waals surface area contributed by atoms with E-state index in [0.717, 1.165) is 4.47 Å². The van der Waals surface area contributed by atoms with E-state index in [1.165, 1.54) is 23.5 Å². The Morgan fingerprint density at radius 1 is 0.926 bits per heavy atom. The van der Waals surface area contributed by atoms with Gasteiger partial charge in [-0.15, -0.1) is 0 Å². The van der Waals surface area contributed by atoms with Gasteiger partial charge in [0.1, 0.15) is 0 Å². The maximum atomic E-state index is 12.8. The minimum Gasteiger partial charge on any atom is -0.322 e. The molecule has 3 aromatic rings. The van der Waals surface area contributed by atoms with Crippen LogP contribution in [-0.2, 0) is 10.0 Å². The van der Waals surface area contributed by atoms with Gasteiger partial charge in [-0.2, -0.15) is 0 Å². The van der Waals surface area contributed by atoms with Gasteiger partial charge in [-0.3, -0.25) is 9.10 Å². The molecule has 0 aliphatic heterocycles. The molecule has 0 heterocycles. The molecule has 1 N–H and O–H groups in total. The topological polar surface area (TPSA) is 66.5 Å². The van der Waals surface area contributed by atoms with Crippen molar-refractivity contribution in [2.24, 2.45) is 0 Å². The molecule has 27 heavy (non-hydrogen) atoms. The van der Waals surface area contributed by atoms with Crippen LogP contribution in [-0.4, -0.2) is 21.4 Å². The van der Waals surface area contributed by atoms with Crippen LogP contribution in [0, 0.1) is 0 Å². The molecule has 3 aromatic carbocycles. The SMILES string of the molecule is CN(c1cccc(C(=O)Nc2ccc(Br)cc2)c1)S(=O)(=O)c1ccccc1. The second kappa shape index (κ2) is 7.94. The Labute approximate surface area is 166 Å². The third-order valence-electron chi connectivity index (χ3n) is 3.98. The highest BCUT2D eigenvalue weighted by Gasteiger charge is 2.21. The number of sulfonamides is 1. The molecule has 0 radical (unpaired) electrons. The summed E-state index contributed by atoms with van der Waals surface area (Å²) >= 11 is 3.34. The van der Waals surface area contributed by atoms with Gasteiger partial charge in [-0.05, 0) is 54.6 Å². The van der Waals surface area contributed by atoms with E-state index in [-0.39, 0.29) is 10.8 Å². The van der Waals surface area contributed by atoms with Crippen molar-refractivity contribution in [2.75, 3.05) is 16.7 Å². The Morgan fingerprint density at radius 3 is 2.26 bits per heavy atom. The lowest BCUT2D eigenvalue weighted by atomic mass is 10.2. The number of nitrogens with one attached hydrogen (secondary N) is 1. The van der Waals surface area contributed by atoms with E-state index in [1.54, 1.807) is 54.6 Å². The van der Waals surface area contributed by atoms with Gasteiger partial charge >= 0.3 is 0 Å². The van der Waals surface area contributed by atoms with E-state index in [0.29, 0.717) is 16.9 Å². The number of amides is 1. The molecular weight excluding hydrogens is 428 g/mol. The zero-order chi connectivity index (χ0) is 19.4. The van der Waals surface area contributed by atoms with E-state index >= 15 is 0 Å². The van der Waals surface area contributed by atoms with Crippen LogP contribution in [0.5, 0.6) is 0 Å². The van der Waals surface area contributed by atoms with Crippen LogP contribution < -0.4 is 9.62 Å². The Kier molecular flexibility index (Phi) is 5.62. The fraction of sp³-hybridized carbons (Fsp3) is 0.0500. The summed E-state index contributed by atoms with van der Waals surface area (Å²) in [5, 5.41) is 2.79. The number of nitrogens with zero attached hydrogens (tertiary/aromatic N) is 1. The van der Waals surface area contributed by atoms with Crippen LogP contribution in [0.1, 0.15) is 10.4 Å². The number of carbonyl (C=O) groups is 1. The fourth-order valence-electron chi connectivity index (χ4n) is 2.47. The number of rotatable bonds is 5. The molecule has 138 valence electrons. The molecule has 0 bridgehead atoms. The highest BCUT2D eigenvalue weighted by Crippen LogP contribution is 2.23. The molecule has 7 heteroatoms. The summed E-state index contributed by atoms with van der Waals surface area (Å²) in [5.41, 5.74) is 1.42. The first-order chi connectivity index (χ1) is 12.9. The lowest BCUT2D eigenvalue weighted by Gasteiger charge is -2.20. The van der Waals surface area contributed by atoms with Crippen LogP contribution in [0.4, 0.5) is 11.4 Å². The molecule has 1 amide bonds. The van der Waals surface area contributed by atoms with Gasteiger partial charge in [0.15, 0.2) is 0 Å². The molecular formula is C20H17BrN2O3S. The summed E-state index contributed by atoms with van der Waals surface area (Å²) in [5.74, 6) is -0.315. The number of hydrogen-bond donors (Lipinski definition) is 1. The first kappa shape index (κ1) is 19.1. The maximum Gasteiger partial charge on any atom is 0.264 e. The van der Waals surface area contributed by atoms with Gasteiger partial charge in [0, 0.05) is 22.8 Å². The normalized spacial score (nSPS) is 11.0. The van der Waals surface area contributed by atoms with Crippen molar-refractivity contribution in [3.8, 4) is 0 Å². The molecule has 5 nitrogen and oxygen atoms in total. The van der Waals surface area contributed by atoms with Gasteiger partial charge in [0.2, 0.25) is 0 Å². The highest BCUT2D eigenvalue weighted by atomic mass is 79.9. The van der Waals surface area contributed by atoms with Crippen molar-refractivity contribution in [3.05, 3.63) is 88.9 Å². The van der Waals surface area contributed by atoms with E-state index < -0.39 is 10.0 Å². The molecule has 0 atom stereocenters. The van der Waals surface area contributed by atoms with Crippen LogP contribution in [0.15, 0.2) is 88.2 Å². The predicted molar refractivity (Wildman–Crippen MR) is 111 cm³/mol. The van der Waals surface area contributed by atoms with Crippen molar-refractivity contribution >= 4 is 43.2 Å². The van der Waals surface area contributed by atoms with Crippen LogP contribution in [0.2, 0.25) is 0 Å². The minimum atomic E-state index is -3.70. The maximum absolute atomic E-state index is 12.8. The second-order valence-corrected chi connectivity index (χ2v) is 8.68. The largest absolute Gasteiger partial charge is 0.322 e. The first-order valence-corrected chi connectivity index (χ1v) is 10.3. The zero-order valence-electron chi connectivity index (χ0n) is 14.5. The van der Waals surface area contributed by atoms with E-state index in [2.05, 4.69) is 21.2 Å². The highest BCUT2D eigenvalue weighted by molar-refractivity contribution is 9.10. The summed E-state index contributed by atoms with van der Waals surface area (Å²) in [6.45, 7) is 0. The lowest BCUT2D eigenvalue weighted by molar-refractivity contribution is 0.102. The monoisotopic (exact) mass is 444 g/mol. The molecule has 0 spiro atoms. The quantitative estimate of drug-likeness (QED) is 0.628. The number of halogens is 1. The van der Waals surface area contributed by atoms with Gasteiger partial charge in [0.25, 0.3) is 15.9 Å². The molecule has 0 fully saturated rings. The fourth-order valence-corrected chi connectivity index (χ4v) is 3.94. The Hall–Kier alpha value is -2.64. The Morgan fingerprint density at radius 2 is 1.59 bits per heavy atom. The number of anilines is 2. The van der Waals surface area contributed by atoms with E-state index in [9.17, 15) is 13.2 Å². The first-order valence-electron chi connectivity index (χ1n) is 8.09. The second-order valence-electron chi connectivity index (χ2n) is 5.80. The third kappa shape index (κ3) is 4.37. The van der Waals surface area contributed by atoms with Crippen molar-refractivity contribution < 1.29 is 13.2 Å². The molecule has 0 saturated carbocycles. The number of hydrogen-bond acceptors (Lipinski definition) is 3. The zero-order valence-corrected chi connectivity index (χ0v) is 16.9. The number of benzene rings is 3. The molecule has 0 aliphatic carbocycles. The molecule has 0 aliphatic rings. The van der Waals surface area contributed by atoms with E-state index in [4.69, 9.17) is 0 Å². The third-order valence-corrected chi connectivity index (χ3v) is 6.30. The Bertz CT molecular complexity index is 1050. The summed E-state index contributed by atoms with van der Waals surface area (Å²) in [4.78, 5) is 12.7. The standard InChI is InChI=1S/C20H17BrN2O3S/c1-23(27(25,26)19-8-3-2-4-9-19)18-7-5-6-15(14-18)20(24)22-17-12-10-16(21)11-13-17/h2-14H,1H3,(H,22,24). The van der Waals surface area contributed by atoms with Crippen molar-refractivity contribution in [3.63, 3.8) is 0 Å². The average molecular weight is 445 g/mol. The summed E-state index contributed by atoms with van der Waals surface area (Å²) in [6, 6.07) is 21.9. The molecule has 0 saturated heterocycles. The smallest absolute Gasteiger partial charge is 0.264 e. The van der Waals surface area contributed by atoms with Crippen molar-refractivity contribution in [1.82, 2.24) is 0 Å². The van der Waals surface area contributed by atoms with Crippen LogP contribution in [0.3, 0.4) is 0 Å². The molecule has 3 rings (SSSR count). The van der Waals surface area contributed by atoms with Gasteiger partial charge in [-0.25, -0.2) is 8.42 Å². The number of carbonyl (C=O) groups excluding carboxylic acids is 1. The minimum absolute atomic E-state index is 0.192. The van der Waals surface area contributed by atoms with Crippen LogP contribution in [0.25, 0.3) is 0 Å². The van der Waals surface area contributed by atoms with Gasteiger partial charge in [-0.1, -0.05) is 40.2 Å². The van der Waals surface area contributed by atoms with Gasteiger partial charge < -0.3 is 5.32 Å². The van der Waals surface area contributed by atoms with Gasteiger partial charge in [0.05, 0.1) is 10.6 Å². The molecule has 0 unspecified atom stereocenters. The lowest BCUT2D eigenvalue weighted by Crippen LogP contribution is -2.26. The summed E-state index contributed by atoms with van der Waals surface area (Å²) < 4.78 is 27.6. The summed E-state index contributed by atoms with van der Waals surface area (Å²) in [7, 11) is -2.24. The van der Waals surface area contributed by atoms with Crippen LogP contribution >= 0.6 is 15.9 Å². The van der Waals surface area contributed by atoms with E-state index in [1.807, 2.05) is 12.1 Å². The van der Waals surface area contributed by atoms with Crippen molar-refractivity contribution in [2.45, 2.75) is 4.90 Å². The summed E-state index contributed by atoms with van der Waals surface area (Å²) in [6.07, 6.45) is 0.